The molecule has 6 nitrogen and oxygen atoms in total. The number of carbonyl (C=O) groups excluding carboxylic acids is 3. The van der Waals surface area contributed by atoms with Crippen LogP contribution in [0.15, 0.2) is 41.8 Å². The zero-order valence-electron chi connectivity index (χ0n) is 14.2. The molecule has 25 heavy (non-hydrogen) atoms. The van der Waals surface area contributed by atoms with Crippen molar-refractivity contribution in [2.75, 3.05) is 24.6 Å². The van der Waals surface area contributed by atoms with Crippen LogP contribution in [0.3, 0.4) is 0 Å². The summed E-state index contributed by atoms with van der Waals surface area (Å²) in [4.78, 5) is 38.2. The molecular weight excluding hydrogens is 340 g/mol. The van der Waals surface area contributed by atoms with Gasteiger partial charge in [0, 0.05) is 20.0 Å². The summed E-state index contributed by atoms with van der Waals surface area (Å²) in [6.45, 7) is 3.92. The Morgan fingerprint density at radius 2 is 1.92 bits per heavy atom. The number of esters is 1. The van der Waals surface area contributed by atoms with E-state index in [1.807, 2.05) is 5.38 Å². The molecule has 0 atom stereocenters. The molecular formula is C18H20N2O4S. The number of benzene rings is 1. The van der Waals surface area contributed by atoms with Crippen molar-refractivity contribution in [2.45, 2.75) is 13.8 Å². The van der Waals surface area contributed by atoms with Gasteiger partial charge in [-0.15, -0.1) is 11.3 Å². The highest BCUT2D eigenvalue weighted by Crippen LogP contribution is 2.21. The maximum absolute atomic E-state index is 12.1. The molecule has 1 aromatic heterocycles. The maximum atomic E-state index is 12.1. The lowest BCUT2D eigenvalue weighted by atomic mass is 10.1. The number of nitrogens with zero attached hydrogens (tertiary/aromatic N) is 1. The van der Waals surface area contributed by atoms with Crippen LogP contribution in [-0.2, 0) is 9.53 Å². The molecule has 1 N–H and O–H groups in total. The predicted octanol–water partition coefficient (Wildman–Crippen LogP) is 2.71. The van der Waals surface area contributed by atoms with Crippen LogP contribution in [0, 0.1) is 0 Å². The molecule has 0 bridgehead atoms. The fraction of sp³-hybridized carbons (Fsp3) is 0.278. The van der Waals surface area contributed by atoms with Crippen LogP contribution < -0.4 is 10.2 Å². The SMILES string of the molecule is CCOC(=O)c1ccccc1N(CCNC(=O)c1cccs1)C(C)=O. The van der Waals surface area contributed by atoms with Crippen molar-refractivity contribution in [2.24, 2.45) is 0 Å². The highest BCUT2D eigenvalue weighted by molar-refractivity contribution is 7.12. The molecule has 2 rings (SSSR count). The predicted molar refractivity (Wildman–Crippen MR) is 97.1 cm³/mol. The number of thiophene rings is 1. The Labute approximate surface area is 150 Å². The first kappa shape index (κ1) is 18.7. The molecule has 0 radical (unpaired) electrons. The van der Waals surface area contributed by atoms with Crippen molar-refractivity contribution in [3.05, 3.63) is 52.2 Å². The van der Waals surface area contributed by atoms with Gasteiger partial charge in [-0.2, -0.15) is 0 Å². The summed E-state index contributed by atoms with van der Waals surface area (Å²) in [5.41, 5.74) is 0.794. The quantitative estimate of drug-likeness (QED) is 0.771. The number of nitrogens with one attached hydrogen (secondary N) is 1. The third-order valence-corrected chi connectivity index (χ3v) is 4.30. The fourth-order valence-corrected chi connectivity index (χ4v) is 2.95. The number of rotatable bonds is 7. The van der Waals surface area contributed by atoms with Crippen LogP contribution in [0.25, 0.3) is 0 Å². The standard InChI is InChI=1S/C18H20N2O4S/c1-3-24-18(23)14-7-4-5-8-15(14)20(13(2)21)11-10-19-17(22)16-9-6-12-25-16/h4-9,12H,3,10-11H2,1-2H3,(H,19,22). The number of para-hydroxylation sites is 1. The molecule has 0 aliphatic carbocycles. The monoisotopic (exact) mass is 360 g/mol. The van der Waals surface area contributed by atoms with Gasteiger partial charge in [0.1, 0.15) is 0 Å². The highest BCUT2D eigenvalue weighted by Gasteiger charge is 2.20. The maximum Gasteiger partial charge on any atom is 0.340 e. The third-order valence-electron chi connectivity index (χ3n) is 3.44. The summed E-state index contributed by atoms with van der Waals surface area (Å²) in [7, 11) is 0. The van der Waals surface area contributed by atoms with Crippen LogP contribution in [0.5, 0.6) is 0 Å². The van der Waals surface area contributed by atoms with Crippen LogP contribution in [0.1, 0.15) is 33.9 Å². The third kappa shape index (κ3) is 4.90. The Hall–Kier alpha value is -2.67. The van der Waals surface area contributed by atoms with E-state index in [-0.39, 0.29) is 31.5 Å². The van der Waals surface area contributed by atoms with E-state index in [1.165, 1.54) is 23.2 Å². The average molecular weight is 360 g/mol. The van der Waals surface area contributed by atoms with Crippen LogP contribution in [0.2, 0.25) is 0 Å². The molecule has 132 valence electrons. The molecule has 0 saturated heterocycles. The van der Waals surface area contributed by atoms with Crippen molar-refractivity contribution >= 4 is 34.8 Å². The summed E-state index contributed by atoms with van der Waals surface area (Å²) < 4.78 is 5.04. The van der Waals surface area contributed by atoms with E-state index >= 15 is 0 Å². The fourth-order valence-electron chi connectivity index (χ4n) is 2.31. The van der Waals surface area contributed by atoms with E-state index in [9.17, 15) is 14.4 Å². The lowest BCUT2D eigenvalue weighted by Gasteiger charge is -2.23. The molecule has 1 heterocycles. The highest BCUT2D eigenvalue weighted by atomic mass is 32.1. The molecule has 7 heteroatoms. The smallest absolute Gasteiger partial charge is 0.340 e. The first-order valence-corrected chi connectivity index (χ1v) is 8.78. The van der Waals surface area contributed by atoms with Crippen molar-refractivity contribution in [1.29, 1.82) is 0 Å². The Kier molecular flexibility index (Phi) is 6.71. The van der Waals surface area contributed by atoms with Crippen LogP contribution in [0.4, 0.5) is 5.69 Å². The second-order valence-corrected chi connectivity index (χ2v) is 6.09. The number of hydrogen-bond donors (Lipinski definition) is 1. The zero-order valence-corrected chi connectivity index (χ0v) is 15.0. The molecule has 2 amide bonds. The van der Waals surface area contributed by atoms with E-state index in [2.05, 4.69) is 5.32 Å². The van der Waals surface area contributed by atoms with Gasteiger partial charge in [0.15, 0.2) is 0 Å². The Balaban J connectivity index is 2.09. The Bertz CT molecular complexity index is 743. The minimum absolute atomic E-state index is 0.183. The normalized spacial score (nSPS) is 10.2. The summed E-state index contributed by atoms with van der Waals surface area (Å²) >= 11 is 1.35. The van der Waals surface area contributed by atoms with E-state index in [0.29, 0.717) is 16.1 Å². The first-order chi connectivity index (χ1) is 12.0. The molecule has 0 unspecified atom stereocenters. The summed E-state index contributed by atoms with van der Waals surface area (Å²) in [5, 5.41) is 4.60. The topological polar surface area (TPSA) is 75.7 Å². The minimum atomic E-state index is -0.480. The van der Waals surface area contributed by atoms with E-state index in [1.54, 1.807) is 43.3 Å². The van der Waals surface area contributed by atoms with Gasteiger partial charge >= 0.3 is 5.97 Å². The lowest BCUT2D eigenvalue weighted by molar-refractivity contribution is -0.116. The van der Waals surface area contributed by atoms with Crippen molar-refractivity contribution in [3.8, 4) is 0 Å². The van der Waals surface area contributed by atoms with Crippen LogP contribution in [-0.4, -0.2) is 37.5 Å². The van der Waals surface area contributed by atoms with Crippen LogP contribution >= 0.6 is 11.3 Å². The molecule has 1 aromatic carbocycles. The summed E-state index contributed by atoms with van der Waals surface area (Å²) in [5.74, 6) is -0.883. The number of carbonyl (C=O) groups is 3. The van der Waals surface area contributed by atoms with E-state index in [4.69, 9.17) is 4.74 Å². The van der Waals surface area contributed by atoms with Gasteiger partial charge in [0.05, 0.1) is 22.7 Å². The number of amides is 2. The molecule has 0 saturated carbocycles. The minimum Gasteiger partial charge on any atom is -0.462 e. The molecule has 0 spiro atoms. The Morgan fingerprint density at radius 1 is 1.16 bits per heavy atom. The van der Waals surface area contributed by atoms with Crippen molar-refractivity contribution in [1.82, 2.24) is 5.32 Å². The van der Waals surface area contributed by atoms with Gasteiger partial charge in [0.2, 0.25) is 5.91 Å². The van der Waals surface area contributed by atoms with Crippen molar-refractivity contribution < 1.29 is 19.1 Å². The van der Waals surface area contributed by atoms with Gasteiger partial charge in [0.25, 0.3) is 5.91 Å². The van der Waals surface area contributed by atoms with E-state index in [0.717, 1.165) is 0 Å². The number of hydrogen-bond acceptors (Lipinski definition) is 5. The second kappa shape index (κ2) is 8.98. The van der Waals surface area contributed by atoms with Gasteiger partial charge in [-0.25, -0.2) is 4.79 Å². The van der Waals surface area contributed by atoms with Gasteiger partial charge in [-0.3, -0.25) is 9.59 Å². The first-order valence-electron chi connectivity index (χ1n) is 7.90. The van der Waals surface area contributed by atoms with Gasteiger partial charge in [-0.1, -0.05) is 18.2 Å². The van der Waals surface area contributed by atoms with Gasteiger partial charge in [-0.05, 0) is 30.5 Å². The van der Waals surface area contributed by atoms with Gasteiger partial charge < -0.3 is 15.0 Å². The Morgan fingerprint density at radius 3 is 2.56 bits per heavy atom. The average Bonchev–Trinajstić information content (AvgIpc) is 3.13. The van der Waals surface area contributed by atoms with E-state index < -0.39 is 5.97 Å². The molecule has 0 aliphatic heterocycles. The second-order valence-electron chi connectivity index (χ2n) is 5.14. The molecule has 2 aromatic rings. The number of ether oxygens (including phenoxy) is 1. The summed E-state index contributed by atoms with van der Waals surface area (Å²) in [6, 6.07) is 10.3. The summed E-state index contributed by atoms with van der Waals surface area (Å²) in [6.07, 6.45) is 0. The molecule has 0 aliphatic rings. The largest absolute Gasteiger partial charge is 0.462 e. The molecule has 0 fully saturated rings. The lowest BCUT2D eigenvalue weighted by Crippen LogP contribution is -2.38. The zero-order chi connectivity index (χ0) is 18.2. The van der Waals surface area contributed by atoms with Crippen molar-refractivity contribution in [3.63, 3.8) is 0 Å². The number of anilines is 1.